The van der Waals surface area contributed by atoms with Gasteiger partial charge in [-0.1, -0.05) is 36.4 Å². The zero-order valence-electron chi connectivity index (χ0n) is 17.0. The molecule has 0 fully saturated rings. The molecule has 2 aromatic carbocycles. The molecule has 8 heteroatoms. The van der Waals surface area contributed by atoms with Crippen LogP contribution in [0, 0.1) is 0 Å². The Morgan fingerprint density at radius 1 is 1.16 bits per heavy atom. The van der Waals surface area contributed by atoms with E-state index in [1.807, 2.05) is 36.4 Å². The van der Waals surface area contributed by atoms with Crippen molar-refractivity contribution in [2.24, 2.45) is 0 Å². The Hall–Kier alpha value is -3.78. The van der Waals surface area contributed by atoms with Crippen LogP contribution in [-0.2, 0) is 16.1 Å². The maximum Gasteiger partial charge on any atom is 0.254 e. The third kappa shape index (κ3) is 4.39. The second kappa shape index (κ2) is 8.16. The molecule has 1 aromatic heterocycles. The number of nitrogens with zero attached hydrogens (tertiary/aromatic N) is 2. The Morgan fingerprint density at radius 2 is 1.90 bits per heavy atom. The van der Waals surface area contributed by atoms with Crippen LogP contribution in [0.1, 0.15) is 22.8 Å². The number of aliphatic hydroxyl groups is 1. The molecule has 31 heavy (non-hydrogen) atoms. The SMILES string of the molecule is CC(O)(CN1Cc2ccccc2C1=O)C(=O)NCC(=O)Nc1cnc2ccccc2c1. The van der Waals surface area contributed by atoms with E-state index in [1.165, 1.54) is 18.0 Å². The van der Waals surface area contributed by atoms with E-state index in [0.29, 0.717) is 17.8 Å². The number of nitrogens with one attached hydrogen (secondary N) is 2. The number of hydrogen-bond donors (Lipinski definition) is 3. The van der Waals surface area contributed by atoms with Crippen LogP contribution in [0.2, 0.25) is 0 Å². The summed E-state index contributed by atoms with van der Waals surface area (Å²) in [7, 11) is 0. The summed E-state index contributed by atoms with van der Waals surface area (Å²) in [5.41, 5.74) is 0.894. The molecule has 0 aliphatic carbocycles. The maximum atomic E-state index is 12.5. The third-order valence-electron chi connectivity index (χ3n) is 5.17. The predicted molar refractivity (Wildman–Crippen MR) is 115 cm³/mol. The molecular weight excluding hydrogens is 396 g/mol. The van der Waals surface area contributed by atoms with E-state index in [0.717, 1.165) is 16.5 Å². The van der Waals surface area contributed by atoms with Crippen molar-refractivity contribution >= 4 is 34.3 Å². The van der Waals surface area contributed by atoms with Crippen molar-refractivity contribution < 1.29 is 19.5 Å². The molecule has 0 saturated heterocycles. The quantitative estimate of drug-likeness (QED) is 0.564. The zero-order chi connectivity index (χ0) is 22.0. The van der Waals surface area contributed by atoms with Gasteiger partial charge in [-0.2, -0.15) is 0 Å². The molecule has 0 radical (unpaired) electrons. The zero-order valence-corrected chi connectivity index (χ0v) is 17.0. The molecule has 1 aliphatic heterocycles. The fourth-order valence-electron chi connectivity index (χ4n) is 3.58. The molecule has 4 rings (SSSR count). The highest BCUT2D eigenvalue weighted by Gasteiger charge is 2.37. The van der Waals surface area contributed by atoms with Gasteiger partial charge in [0.05, 0.1) is 30.5 Å². The van der Waals surface area contributed by atoms with Crippen LogP contribution in [0.5, 0.6) is 0 Å². The van der Waals surface area contributed by atoms with Gasteiger partial charge in [-0.15, -0.1) is 0 Å². The van der Waals surface area contributed by atoms with E-state index in [-0.39, 0.29) is 19.0 Å². The minimum absolute atomic E-state index is 0.178. The number of rotatable bonds is 6. The first-order valence-corrected chi connectivity index (χ1v) is 9.86. The number of carbonyl (C=O) groups excluding carboxylic acids is 3. The second-order valence-corrected chi connectivity index (χ2v) is 7.74. The fraction of sp³-hybridized carbons (Fsp3) is 0.217. The molecule has 3 amide bonds. The molecule has 3 N–H and O–H groups in total. The number of para-hydroxylation sites is 1. The molecular formula is C23H22N4O4. The molecule has 0 spiro atoms. The van der Waals surface area contributed by atoms with Gasteiger partial charge < -0.3 is 20.6 Å². The van der Waals surface area contributed by atoms with Crippen LogP contribution in [0.4, 0.5) is 5.69 Å². The first-order valence-electron chi connectivity index (χ1n) is 9.86. The van der Waals surface area contributed by atoms with Gasteiger partial charge in [0, 0.05) is 17.5 Å². The molecule has 1 aliphatic rings. The summed E-state index contributed by atoms with van der Waals surface area (Å²) in [5, 5.41) is 16.6. The van der Waals surface area contributed by atoms with Gasteiger partial charge in [-0.05, 0) is 30.7 Å². The van der Waals surface area contributed by atoms with E-state index >= 15 is 0 Å². The monoisotopic (exact) mass is 418 g/mol. The Morgan fingerprint density at radius 3 is 2.71 bits per heavy atom. The second-order valence-electron chi connectivity index (χ2n) is 7.74. The third-order valence-corrected chi connectivity index (χ3v) is 5.17. The number of β-amino-alcohol motifs (C(OH)–C–C–N with tert-alkyl or cyclic N) is 1. The van der Waals surface area contributed by atoms with Gasteiger partial charge >= 0.3 is 0 Å². The molecule has 1 atom stereocenters. The normalized spacial score (nSPS) is 14.8. The van der Waals surface area contributed by atoms with Crippen molar-refractivity contribution in [2.75, 3.05) is 18.4 Å². The summed E-state index contributed by atoms with van der Waals surface area (Å²) < 4.78 is 0. The summed E-state index contributed by atoms with van der Waals surface area (Å²) in [6.45, 7) is 1.15. The number of hydrogen-bond acceptors (Lipinski definition) is 5. The van der Waals surface area contributed by atoms with Crippen molar-refractivity contribution in [2.45, 2.75) is 19.1 Å². The number of amides is 3. The molecule has 2 heterocycles. The Kier molecular flexibility index (Phi) is 5.39. The summed E-state index contributed by atoms with van der Waals surface area (Å²) in [5.74, 6) is -1.42. The first-order chi connectivity index (χ1) is 14.8. The van der Waals surface area contributed by atoms with Crippen molar-refractivity contribution in [3.63, 3.8) is 0 Å². The molecule has 1 unspecified atom stereocenters. The van der Waals surface area contributed by atoms with Gasteiger partial charge in [0.25, 0.3) is 11.8 Å². The van der Waals surface area contributed by atoms with E-state index in [2.05, 4.69) is 15.6 Å². The van der Waals surface area contributed by atoms with Crippen LogP contribution < -0.4 is 10.6 Å². The van der Waals surface area contributed by atoms with E-state index < -0.39 is 17.4 Å². The summed E-state index contributed by atoms with van der Waals surface area (Å²) in [4.78, 5) is 42.9. The van der Waals surface area contributed by atoms with Crippen LogP contribution in [0.25, 0.3) is 10.9 Å². The largest absolute Gasteiger partial charge is 0.378 e. The number of aromatic nitrogens is 1. The van der Waals surface area contributed by atoms with Crippen molar-refractivity contribution in [3.05, 3.63) is 71.9 Å². The van der Waals surface area contributed by atoms with Crippen LogP contribution in [0.3, 0.4) is 0 Å². The number of benzene rings is 2. The van der Waals surface area contributed by atoms with Crippen LogP contribution in [0.15, 0.2) is 60.8 Å². The fourth-order valence-corrected chi connectivity index (χ4v) is 3.58. The number of carbonyl (C=O) groups is 3. The Labute approximate surface area is 178 Å². The lowest BCUT2D eigenvalue weighted by Crippen LogP contribution is -2.53. The van der Waals surface area contributed by atoms with E-state index in [1.54, 1.807) is 18.2 Å². The lowest BCUT2D eigenvalue weighted by atomic mass is 10.1. The smallest absolute Gasteiger partial charge is 0.254 e. The van der Waals surface area contributed by atoms with Crippen molar-refractivity contribution in [1.29, 1.82) is 0 Å². The number of fused-ring (bicyclic) bond motifs is 2. The van der Waals surface area contributed by atoms with Crippen molar-refractivity contribution in [3.8, 4) is 0 Å². The highest BCUT2D eigenvalue weighted by Crippen LogP contribution is 2.24. The molecule has 0 bridgehead atoms. The minimum Gasteiger partial charge on any atom is -0.378 e. The molecule has 158 valence electrons. The van der Waals surface area contributed by atoms with Gasteiger partial charge in [0.15, 0.2) is 5.60 Å². The van der Waals surface area contributed by atoms with Crippen molar-refractivity contribution in [1.82, 2.24) is 15.2 Å². The summed E-state index contributed by atoms with van der Waals surface area (Å²) in [6.07, 6.45) is 1.54. The maximum absolute atomic E-state index is 12.5. The predicted octanol–water partition coefficient (Wildman–Crippen LogP) is 1.70. The average molecular weight is 418 g/mol. The summed E-state index contributed by atoms with van der Waals surface area (Å²) >= 11 is 0. The molecule has 3 aromatic rings. The van der Waals surface area contributed by atoms with Crippen LogP contribution in [-0.4, -0.2) is 51.4 Å². The van der Waals surface area contributed by atoms with Crippen LogP contribution >= 0.6 is 0 Å². The first kappa shape index (κ1) is 20.5. The lowest BCUT2D eigenvalue weighted by Gasteiger charge is -2.27. The van der Waals surface area contributed by atoms with Gasteiger partial charge in [0.1, 0.15) is 0 Å². The lowest BCUT2D eigenvalue weighted by molar-refractivity contribution is -0.140. The van der Waals surface area contributed by atoms with Gasteiger partial charge in [-0.25, -0.2) is 0 Å². The number of anilines is 1. The highest BCUT2D eigenvalue weighted by atomic mass is 16.3. The van der Waals surface area contributed by atoms with E-state index in [9.17, 15) is 19.5 Å². The molecule has 0 saturated carbocycles. The Bertz CT molecular complexity index is 1170. The Balaban J connectivity index is 1.32. The minimum atomic E-state index is -1.84. The average Bonchev–Trinajstić information content (AvgIpc) is 3.06. The van der Waals surface area contributed by atoms with E-state index in [4.69, 9.17) is 0 Å². The highest BCUT2D eigenvalue weighted by molar-refractivity contribution is 5.99. The topological polar surface area (TPSA) is 112 Å². The van der Waals surface area contributed by atoms with Gasteiger partial charge in [0.2, 0.25) is 5.91 Å². The standard InChI is InChI=1S/C23H22N4O4/c1-23(31,14-27-13-16-7-2-4-8-18(16)21(27)29)22(30)25-12-20(28)26-17-10-15-6-3-5-9-19(15)24-11-17/h2-11,31H,12-14H2,1H3,(H,25,30)(H,26,28). The van der Waals surface area contributed by atoms with Gasteiger partial charge in [-0.3, -0.25) is 19.4 Å². The number of pyridine rings is 1. The molecule has 8 nitrogen and oxygen atoms in total. The summed E-state index contributed by atoms with van der Waals surface area (Å²) in [6, 6.07) is 16.5.